The van der Waals surface area contributed by atoms with Crippen molar-refractivity contribution in [1.29, 1.82) is 0 Å². The molecule has 0 aliphatic carbocycles. The molecule has 1 saturated heterocycles. The van der Waals surface area contributed by atoms with Crippen molar-refractivity contribution in [2.45, 2.75) is 33.4 Å². The van der Waals surface area contributed by atoms with Crippen LogP contribution in [0.1, 0.15) is 25.1 Å². The molecule has 1 N–H and O–H groups in total. The summed E-state index contributed by atoms with van der Waals surface area (Å²) in [5.41, 5.74) is 2.57. The first kappa shape index (κ1) is 17.4. The first-order valence-corrected chi connectivity index (χ1v) is 8.68. The third-order valence-corrected chi connectivity index (χ3v) is 4.74. The molecule has 0 bridgehead atoms. The summed E-state index contributed by atoms with van der Waals surface area (Å²) in [5, 5.41) is 0. The molecule has 1 amide bonds. The smallest absolute Gasteiger partial charge is 0.251 e. The molecule has 1 aromatic heterocycles. The van der Waals surface area contributed by atoms with Gasteiger partial charge in [-0.15, -0.1) is 0 Å². The van der Waals surface area contributed by atoms with Gasteiger partial charge in [-0.05, 0) is 26.3 Å². The second-order valence-corrected chi connectivity index (χ2v) is 6.50. The van der Waals surface area contributed by atoms with Gasteiger partial charge in [0.25, 0.3) is 5.56 Å². The lowest BCUT2D eigenvalue weighted by atomic mass is 10.1. The van der Waals surface area contributed by atoms with E-state index >= 15 is 0 Å². The number of H-pyrrole nitrogens is 1. The predicted molar refractivity (Wildman–Crippen MR) is 97.2 cm³/mol. The van der Waals surface area contributed by atoms with Crippen LogP contribution in [0.15, 0.2) is 35.1 Å². The number of piperazine rings is 1. The number of rotatable bonds is 4. The third kappa shape index (κ3) is 3.79. The largest absolute Gasteiger partial charge is 0.340 e. The van der Waals surface area contributed by atoms with Crippen LogP contribution < -0.4 is 5.56 Å². The molecule has 0 spiro atoms. The highest BCUT2D eigenvalue weighted by Gasteiger charge is 2.30. The van der Waals surface area contributed by atoms with Gasteiger partial charge in [0.1, 0.15) is 5.82 Å². The molecular formula is C19H24N4O2. The molecule has 1 fully saturated rings. The summed E-state index contributed by atoms with van der Waals surface area (Å²) in [5.74, 6) is 0.781. The van der Waals surface area contributed by atoms with Crippen LogP contribution in [0.3, 0.4) is 0 Å². The lowest BCUT2D eigenvalue weighted by Crippen LogP contribution is -2.55. The number of nitrogens with one attached hydrogen (secondary N) is 1. The number of carbonyl (C=O) groups excluding carboxylic acids is 1. The molecule has 0 unspecified atom stereocenters. The second-order valence-electron chi connectivity index (χ2n) is 6.50. The molecule has 3 rings (SSSR count). The second kappa shape index (κ2) is 7.19. The van der Waals surface area contributed by atoms with E-state index < -0.39 is 0 Å². The predicted octanol–water partition coefficient (Wildman–Crippen LogP) is 1.80. The van der Waals surface area contributed by atoms with Gasteiger partial charge in [-0.25, -0.2) is 4.98 Å². The molecule has 1 aliphatic heterocycles. The fourth-order valence-corrected chi connectivity index (χ4v) is 3.22. The van der Waals surface area contributed by atoms with Crippen LogP contribution in [0.5, 0.6) is 0 Å². The standard InChI is InChI=1S/C19H24N4O2/c1-4-22-9-10-23(14(3)19(22)25)12-15-5-7-16(8-6-15)18-20-13(2)11-17(24)21-18/h5-8,11,14H,4,9-10,12H2,1-3H3,(H,20,21,24)/t14-/m0/s1. The van der Waals surface area contributed by atoms with Crippen molar-refractivity contribution < 1.29 is 4.79 Å². The lowest BCUT2D eigenvalue weighted by Gasteiger charge is -2.38. The average Bonchev–Trinajstić information content (AvgIpc) is 2.59. The number of aromatic nitrogens is 2. The van der Waals surface area contributed by atoms with Gasteiger partial charge in [-0.1, -0.05) is 24.3 Å². The van der Waals surface area contributed by atoms with Crippen LogP contribution in [0.2, 0.25) is 0 Å². The minimum atomic E-state index is -0.146. The molecule has 0 saturated carbocycles. The van der Waals surface area contributed by atoms with Crippen LogP contribution in [0.4, 0.5) is 0 Å². The van der Waals surface area contributed by atoms with Crippen LogP contribution in [-0.4, -0.2) is 51.4 Å². The monoisotopic (exact) mass is 340 g/mol. The Labute approximate surface area is 147 Å². The highest BCUT2D eigenvalue weighted by molar-refractivity contribution is 5.82. The SMILES string of the molecule is CCN1CCN(Cc2ccc(-c3nc(C)cc(=O)[nH]3)cc2)[C@@H](C)C1=O. The first-order valence-electron chi connectivity index (χ1n) is 8.68. The van der Waals surface area contributed by atoms with Gasteiger partial charge >= 0.3 is 0 Å². The van der Waals surface area contributed by atoms with Crippen molar-refractivity contribution in [3.05, 3.63) is 51.9 Å². The molecule has 1 aromatic carbocycles. The molecule has 25 heavy (non-hydrogen) atoms. The number of likely N-dealkylation sites (N-methyl/N-ethyl adjacent to an activating group) is 1. The molecule has 2 aromatic rings. The van der Waals surface area contributed by atoms with Crippen LogP contribution in [0, 0.1) is 6.92 Å². The van der Waals surface area contributed by atoms with Gasteiger partial charge in [-0.2, -0.15) is 0 Å². The number of aryl methyl sites for hydroxylation is 1. The summed E-state index contributed by atoms with van der Waals surface area (Å²) >= 11 is 0. The molecule has 1 aliphatic rings. The Kier molecular flexibility index (Phi) is 4.99. The molecule has 1 atom stereocenters. The van der Waals surface area contributed by atoms with Crippen LogP contribution in [0.25, 0.3) is 11.4 Å². The molecule has 2 heterocycles. The summed E-state index contributed by atoms with van der Waals surface area (Å²) in [6, 6.07) is 9.36. The van der Waals surface area contributed by atoms with Gasteiger partial charge in [0.15, 0.2) is 0 Å². The molecule has 6 heteroatoms. The Morgan fingerprint density at radius 3 is 2.56 bits per heavy atom. The Morgan fingerprint density at radius 1 is 1.20 bits per heavy atom. The number of nitrogens with zero attached hydrogens (tertiary/aromatic N) is 3. The normalized spacial score (nSPS) is 18.6. The van der Waals surface area contributed by atoms with E-state index in [1.807, 2.05) is 43.0 Å². The van der Waals surface area contributed by atoms with E-state index in [0.29, 0.717) is 11.5 Å². The van der Waals surface area contributed by atoms with Crippen molar-refractivity contribution >= 4 is 5.91 Å². The maximum atomic E-state index is 12.3. The fourth-order valence-electron chi connectivity index (χ4n) is 3.22. The van der Waals surface area contributed by atoms with Gasteiger partial charge < -0.3 is 9.88 Å². The van der Waals surface area contributed by atoms with Gasteiger partial charge in [0.05, 0.1) is 6.04 Å². The summed E-state index contributed by atoms with van der Waals surface area (Å²) in [6.07, 6.45) is 0. The Morgan fingerprint density at radius 2 is 1.92 bits per heavy atom. The van der Waals surface area contributed by atoms with Crippen molar-refractivity contribution in [3.8, 4) is 11.4 Å². The van der Waals surface area contributed by atoms with Gasteiger partial charge in [-0.3, -0.25) is 14.5 Å². The van der Waals surface area contributed by atoms with E-state index in [1.54, 1.807) is 6.92 Å². The Bertz CT molecular complexity index is 813. The number of aromatic amines is 1. The van der Waals surface area contributed by atoms with Crippen LogP contribution in [-0.2, 0) is 11.3 Å². The molecule has 6 nitrogen and oxygen atoms in total. The zero-order valence-corrected chi connectivity index (χ0v) is 15.0. The number of hydrogen-bond acceptors (Lipinski definition) is 4. The van der Waals surface area contributed by atoms with E-state index in [4.69, 9.17) is 0 Å². The lowest BCUT2D eigenvalue weighted by molar-refractivity contribution is -0.141. The highest BCUT2D eigenvalue weighted by Crippen LogP contribution is 2.18. The van der Waals surface area contributed by atoms with Crippen molar-refractivity contribution in [3.63, 3.8) is 0 Å². The minimum Gasteiger partial charge on any atom is -0.340 e. The minimum absolute atomic E-state index is 0.0943. The summed E-state index contributed by atoms with van der Waals surface area (Å²) in [6.45, 7) is 8.97. The third-order valence-electron chi connectivity index (χ3n) is 4.74. The average molecular weight is 340 g/mol. The maximum absolute atomic E-state index is 12.3. The van der Waals surface area contributed by atoms with Gasteiger partial charge in [0.2, 0.25) is 5.91 Å². The zero-order valence-electron chi connectivity index (χ0n) is 15.0. The van der Waals surface area contributed by atoms with Crippen molar-refractivity contribution in [1.82, 2.24) is 19.8 Å². The zero-order chi connectivity index (χ0) is 18.0. The molecule has 132 valence electrons. The van der Waals surface area contributed by atoms with Gasteiger partial charge in [0, 0.05) is 43.5 Å². The van der Waals surface area contributed by atoms with E-state index in [9.17, 15) is 9.59 Å². The van der Waals surface area contributed by atoms with E-state index in [-0.39, 0.29) is 17.5 Å². The number of carbonyl (C=O) groups is 1. The number of hydrogen-bond donors (Lipinski definition) is 1. The maximum Gasteiger partial charge on any atom is 0.251 e. The van der Waals surface area contributed by atoms with E-state index in [2.05, 4.69) is 14.9 Å². The summed E-state index contributed by atoms with van der Waals surface area (Å²) in [4.78, 5) is 35.1. The fraction of sp³-hybridized carbons (Fsp3) is 0.421. The van der Waals surface area contributed by atoms with Crippen molar-refractivity contribution in [2.75, 3.05) is 19.6 Å². The topological polar surface area (TPSA) is 69.3 Å². The van der Waals surface area contributed by atoms with E-state index in [1.165, 1.54) is 6.07 Å². The van der Waals surface area contributed by atoms with E-state index in [0.717, 1.165) is 37.3 Å². The number of amides is 1. The molecular weight excluding hydrogens is 316 g/mol. The van der Waals surface area contributed by atoms with Crippen LogP contribution >= 0.6 is 0 Å². The highest BCUT2D eigenvalue weighted by atomic mass is 16.2. The molecule has 0 radical (unpaired) electrons. The Balaban J connectivity index is 1.73. The quantitative estimate of drug-likeness (QED) is 0.921. The summed E-state index contributed by atoms with van der Waals surface area (Å²) < 4.78 is 0. The summed E-state index contributed by atoms with van der Waals surface area (Å²) in [7, 11) is 0. The number of benzene rings is 1. The first-order chi connectivity index (χ1) is 12.0. The Hall–Kier alpha value is -2.47. The van der Waals surface area contributed by atoms with Crippen molar-refractivity contribution in [2.24, 2.45) is 0 Å².